The smallest absolute Gasteiger partial charge is 0.0542 e. The number of fused-ring (bicyclic) bond motifs is 6. The van der Waals surface area contributed by atoms with Gasteiger partial charge in [-0.25, -0.2) is 0 Å². The van der Waals surface area contributed by atoms with Crippen molar-refractivity contribution < 1.29 is 0 Å². The zero-order chi connectivity index (χ0) is 41.7. The summed E-state index contributed by atoms with van der Waals surface area (Å²) >= 11 is 0. The Labute approximate surface area is 366 Å². The molecule has 0 atom stereocenters. The second kappa shape index (κ2) is 15.3. The Morgan fingerprint density at radius 2 is 0.762 bits per heavy atom. The van der Waals surface area contributed by atoms with Crippen molar-refractivity contribution in [1.29, 1.82) is 0 Å². The van der Waals surface area contributed by atoms with Crippen LogP contribution in [0.15, 0.2) is 249 Å². The minimum absolute atomic E-state index is 1.10. The van der Waals surface area contributed by atoms with Gasteiger partial charge in [0.25, 0.3) is 0 Å². The Morgan fingerprint density at radius 1 is 0.270 bits per heavy atom. The van der Waals surface area contributed by atoms with E-state index in [2.05, 4.69) is 263 Å². The highest BCUT2D eigenvalue weighted by molar-refractivity contribution is 6.12. The van der Waals surface area contributed by atoms with E-state index >= 15 is 0 Å². The van der Waals surface area contributed by atoms with Gasteiger partial charge in [0, 0.05) is 50.3 Å². The van der Waals surface area contributed by atoms with Crippen LogP contribution in [0.25, 0.3) is 70.9 Å². The Bertz CT molecular complexity index is 3630. The van der Waals surface area contributed by atoms with Crippen molar-refractivity contribution in [2.24, 2.45) is 0 Å². The van der Waals surface area contributed by atoms with Crippen LogP contribution in [0.5, 0.6) is 0 Å². The molecule has 63 heavy (non-hydrogen) atoms. The Kier molecular flexibility index (Phi) is 8.83. The van der Waals surface area contributed by atoms with Gasteiger partial charge in [-0.05, 0) is 129 Å². The summed E-state index contributed by atoms with van der Waals surface area (Å²) in [6.45, 7) is 0. The van der Waals surface area contributed by atoms with Crippen molar-refractivity contribution in [2.75, 3.05) is 9.80 Å². The predicted octanol–water partition coefficient (Wildman–Crippen LogP) is 16.8. The summed E-state index contributed by atoms with van der Waals surface area (Å²) in [5.41, 5.74) is 12.6. The Hall–Kier alpha value is -8.40. The van der Waals surface area contributed by atoms with Gasteiger partial charge in [-0.2, -0.15) is 0 Å². The zero-order valence-corrected chi connectivity index (χ0v) is 34.5. The molecule has 0 saturated heterocycles. The van der Waals surface area contributed by atoms with Crippen molar-refractivity contribution in [1.82, 2.24) is 4.57 Å². The highest BCUT2D eigenvalue weighted by Gasteiger charge is 2.21. The number of hydrogen-bond acceptors (Lipinski definition) is 2. The normalized spacial score (nSPS) is 11.5. The average molecular weight is 804 g/mol. The fourth-order valence-electron chi connectivity index (χ4n) is 9.56. The lowest BCUT2D eigenvalue weighted by atomic mass is 9.95. The molecule has 3 nitrogen and oxygen atoms in total. The van der Waals surface area contributed by atoms with Crippen molar-refractivity contribution in [2.45, 2.75) is 0 Å². The fraction of sp³-hybridized carbons (Fsp3) is 0. The third-order valence-electron chi connectivity index (χ3n) is 12.5. The molecule has 0 aliphatic heterocycles. The van der Waals surface area contributed by atoms with E-state index < -0.39 is 0 Å². The van der Waals surface area contributed by atoms with Gasteiger partial charge in [-0.1, -0.05) is 158 Å². The van der Waals surface area contributed by atoms with E-state index in [4.69, 9.17) is 0 Å². The van der Waals surface area contributed by atoms with E-state index in [0.717, 1.165) is 39.8 Å². The molecule has 0 aliphatic rings. The second-order valence-electron chi connectivity index (χ2n) is 16.2. The predicted molar refractivity (Wildman–Crippen MR) is 268 cm³/mol. The van der Waals surface area contributed by atoms with Crippen LogP contribution in [0.1, 0.15) is 0 Å². The zero-order valence-electron chi connectivity index (χ0n) is 34.5. The molecule has 11 aromatic carbocycles. The van der Waals surface area contributed by atoms with Crippen molar-refractivity contribution in [3.63, 3.8) is 0 Å². The first-order chi connectivity index (χ1) is 31.2. The summed E-state index contributed by atoms with van der Waals surface area (Å²) in [6.07, 6.45) is 0. The number of hydrogen-bond donors (Lipinski definition) is 0. The molecule has 0 aliphatic carbocycles. The van der Waals surface area contributed by atoms with Crippen molar-refractivity contribution >= 4 is 88.2 Å². The number of para-hydroxylation sites is 3. The summed E-state index contributed by atoms with van der Waals surface area (Å²) in [4.78, 5) is 4.78. The molecule has 0 saturated carbocycles. The second-order valence-corrected chi connectivity index (χ2v) is 16.2. The molecule has 0 spiro atoms. The summed E-state index contributed by atoms with van der Waals surface area (Å²) in [5, 5.41) is 9.70. The molecule has 0 N–H and O–H groups in total. The molecule has 0 bridgehead atoms. The SMILES string of the molecule is c1ccc(N(c2ccc(-c3ccc(N(c4ccc5ccccc5c4)c4ccc5c(c4)c4ccccc4n5-c4ccccc4)c4ccccc34)cc2)c2ccc3ccccc3c2)cc1. The standard InChI is InChI=1S/C60H41N3/c1-3-19-47(20-4-1)61(50-33-27-42-15-7-9-17-45(42)39-50)49-31-29-44(30-32-49)53-36-38-59(55-24-12-11-23-54(53)55)62(51-34-28-43-16-8-10-18-46(43)40-51)52-35-37-60-57(41-52)56-25-13-14-26-58(56)63(60)48-21-5-2-6-22-48/h1-41H. The third kappa shape index (κ3) is 6.38. The van der Waals surface area contributed by atoms with Crippen LogP contribution >= 0.6 is 0 Å². The van der Waals surface area contributed by atoms with Crippen LogP contribution in [0, 0.1) is 0 Å². The highest BCUT2D eigenvalue weighted by atomic mass is 15.1. The highest BCUT2D eigenvalue weighted by Crippen LogP contribution is 2.45. The number of anilines is 6. The van der Waals surface area contributed by atoms with Gasteiger partial charge in [0.1, 0.15) is 0 Å². The molecular weight excluding hydrogens is 763 g/mol. The fourth-order valence-corrected chi connectivity index (χ4v) is 9.56. The summed E-state index contributed by atoms with van der Waals surface area (Å²) in [6, 6.07) is 90.2. The van der Waals surface area contributed by atoms with Gasteiger partial charge in [-0.15, -0.1) is 0 Å². The summed E-state index contributed by atoms with van der Waals surface area (Å²) < 4.78 is 2.38. The van der Waals surface area contributed by atoms with E-state index in [1.54, 1.807) is 0 Å². The van der Waals surface area contributed by atoms with E-state index in [-0.39, 0.29) is 0 Å². The monoisotopic (exact) mass is 803 g/mol. The summed E-state index contributed by atoms with van der Waals surface area (Å²) in [5.74, 6) is 0. The number of rotatable bonds is 8. The maximum Gasteiger partial charge on any atom is 0.0542 e. The lowest BCUT2D eigenvalue weighted by Gasteiger charge is -2.28. The van der Waals surface area contributed by atoms with Crippen LogP contribution in [0.2, 0.25) is 0 Å². The lowest BCUT2D eigenvalue weighted by molar-refractivity contribution is 1.18. The van der Waals surface area contributed by atoms with Crippen molar-refractivity contribution in [3.8, 4) is 16.8 Å². The quantitative estimate of drug-likeness (QED) is 0.152. The molecule has 1 aromatic heterocycles. The maximum atomic E-state index is 2.44. The van der Waals surface area contributed by atoms with Gasteiger partial charge in [0.2, 0.25) is 0 Å². The lowest BCUT2D eigenvalue weighted by Crippen LogP contribution is -2.11. The molecular formula is C60H41N3. The van der Waals surface area contributed by atoms with E-state index in [0.29, 0.717) is 0 Å². The third-order valence-corrected chi connectivity index (χ3v) is 12.5. The maximum absolute atomic E-state index is 2.44. The molecule has 12 aromatic rings. The molecule has 0 fully saturated rings. The van der Waals surface area contributed by atoms with Crippen LogP contribution < -0.4 is 9.80 Å². The van der Waals surface area contributed by atoms with Gasteiger partial charge >= 0.3 is 0 Å². The van der Waals surface area contributed by atoms with Gasteiger partial charge < -0.3 is 14.4 Å². The molecule has 296 valence electrons. The number of aromatic nitrogens is 1. The molecule has 3 heteroatoms. The van der Waals surface area contributed by atoms with Gasteiger partial charge in [0.05, 0.1) is 16.7 Å². The van der Waals surface area contributed by atoms with Crippen LogP contribution in [0.3, 0.4) is 0 Å². The van der Waals surface area contributed by atoms with Gasteiger partial charge in [-0.3, -0.25) is 0 Å². The average Bonchev–Trinajstić information content (AvgIpc) is 3.69. The van der Waals surface area contributed by atoms with E-state index in [1.807, 2.05) is 0 Å². The minimum Gasteiger partial charge on any atom is -0.310 e. The largest absolute Gasteiger partial charge is 0.310 e. The first kappa shape index (κ1) is 36.5. The first-order valence-electron chi connectivity index (χ1n) is 21.6. The van der Waals surface area contributed by atoms with Crippen LogP contribution in [0.4, 0.5) is 34.1 Å². The van der Waals surface area contributed by atoms with Crippen LogP contribution in [-0.2, 0) is 0 Å². The molecule has 1 heterocycles. The van der Waals surface area contributed by atoms with Crippen LogP contribution in [-0.4, -0.2) is 4.57 Å². The number of nitrogens with zero attached hydrogens (tertiary/aromatic N) is 3. The minimum atomic E-state index is 1.10. The summed E-state index contributed by atoms with van der Waals surface area (Å²) in [7, 11) is 0. The molecule has 0 amide bonds. The topological polar surface area (TPSA) is 11.4 Å². The molecule has 0 unspecified atom stereocenters. The Balaban J connectivity index is 1.00. The number of benzene rings is 11. The van der Waals surface area contributed by atoms with E-state index in [1.165, 1.54) is 65.3 Å². The Morgan fingerprint density at radius 3 is 1.46 bits per heavy atom. The van der Waals surface area contributed by atoms with Gasteiger partial charge in [0.15, 0.2) is 0 Å². The molecule has 0 radical (unpaired) electrons. The first-order valence-corrected chi connectivity index (χ1v) is 21.6. The van der Waals surface area contributed by atoms with E-state index in [9.17, 15) is 0 Å². The molecule has 12 rings (SSSR count). The van der Waals surface area contributed by atoms with Crippen molar-refractivity contribution in [3.05, 3.63) is 249 Å².